The predicted octanol–water partition coefficient (Wildman–Crippen LogP) is 2.45. The van der Waals surface area contributed by atoms with Crippen molar-refractivity contribution in [1.82, 2.24) is 0 Å². The van der Waals surface area contributed by atoms with Crippen molar-refractivity contribution in [2.24, 2.45) is 0 Å². The van der Waals surface area contributed by atoms with E-state index >= 15 is 0 Å². The van der Waals surface area contributed by atoms with E-state index in [1.165, 1.54) is 0 Å². The number of hydrogen-bond donors (Lipinski definition) is 3. The normalized spacial score (nSPS) is 10.7. The van der Waals surface area contributed by atoms with Crippen LogP contribution in [0.4, 0.5) is 5.69 Å². The van der Waals surface area contributed by atoms with Crippen molar-refractivity contribution in [3.05, 3.63) is 52.6 Å². The van der Waals surface area contributed by atoms with Gasteiger partial charge in [0.1, 0.15) is 11.5 Å². The van der Waals surface area contributed by atoms with E-state index in [1.807, 2.05) is 37.3 Å². The zero-order chi connectivity index (χ0) is 17.5. The fourth-order valence-electron chi connectivity index (χ4n) is 2.74. The van der Waals surface area contributed by atoms with E-state index in [0.29, 0.717) is 34.9 Å². The Morgan fingerprint density at radius 3 is 2.29 bits per heavy atom. The molecule has 2 aromatic rings. The molecule has 0 fully saturated rings. The summed E-state index contributed by atoms with van der Waals surface area (Å²) in [6, 6.07) is 9.64. The van der Waals surface area contributed by atoms with Crippen molar-refractivity contribution < 1.29 is 19.7 Å². The van der Waals surface area contributed by atoms with E-state index in [2.05, 4.69) is 0 Å². The topological polar surface area (TPSA) is 84.9 Å². The number of anilines is 1. The summed E-state index contributed by atoms with van der Waals surface area (Å²) in [7, 11) is 1.56. The van der Waals surface area contributed by atoms with E-state index in [0.717, 1.165) is 24.0 Å². The van der Waals surface area contributed by atoms with Crippen LogP contribution in [-0.2, 0) is 26.1 Å². The summed E-state index contributed by atoms with van der Waals surface area (Å²) < 4.78 is 10.8. The van der Waals surface area contributed by atoms with Gasteiger partial charge in [-0.05, 0) is 54.7 Å². The van der Waals surface area contributed by atoms with Crippen molar-refractivity contribution in [3.63, 3.8) is 0 Å². The molecule has 24 heavy (non-hydrogen) atoms. The molecule has 0 bridgehead atoms. The number of benzene rings is 2. The molecule has 0 amide bonds. The van der Waals surface area contributed by atoms with Crippen LogP contribution in [0.25, 0.3) is 0 Å². The lowest BCUT2D eigenvalue weighted by Crippen LogP contribution is -2.02. The fraction of sp³-hybridized carbons (Fsp3) is 0.368. The van der Waals surface area contributed by atoms with Crippen LogP contribution >= 0.6 is 0 Å². The minimum atomic E-state index is -0.158. The Morgan fingerprint density at radius 1 is 0.958 bits per heavy atom. The molecule has 0 aromatic heterocycles. The van der Waals surface area contributed by atoms with Crippen LogP contribution in [-0.4, -0.2) is 23.9 Å². The van der Waals surface area contributed by atoms with Crippen molar-refractivity contribution in [3.8, 4) is 11.5 Å². The van der Waals surface area contributed by atoms with Gasteiger partial charge in [0.15, 0.2) is 0 Å². The molecule has 2 rings (SSSR count). The summed E-state index contributed by atoms with van der Waals surface area (Å²) in [4.78, 5) is 0. The van der Waals surface area contributed by atoms with Crippen LogP contribution in [0.2, 0.25) is 0 Å². The number of hydrogen-bond acceptors (Lipinski definition) is 5. The zero-order valence-electron chi connectivity index (χ0n) is 14.2. The van der Waals surface area contributed by atoms with Crippen molar-refractivity contribution in [1.29, 1.82) is 0 Å². The van der Waals surface area contributed by atoms with Gasteiger partial charge >= 0.3 is 0 Å². The number of ether oxygens (including phenoxy) is 2. The minimum absolute atomic E-state index is 0.129. The summed E-state index contributed by atoms with van der Waals surface area (Å²) >= 11 is 0. The number of nitrogen functional groups attached to an aromatic ring is 1. The van der Waals surface area contributed by atoms with Crippen molar-refractivity contribution in [2.45, 2.75) is 33.0 Å². The maximum absolute atomic E-state index is 9.50. The summed E-state index contributed by atoms with van der Waals surface area (Å²) in [6.07, 6.45) is 1.59. The lowest BCUT2D eigenvalue weighted by Gasteiger charge is -2.14. The second-order valence-corrected chi connectivity index (χ2v) is 5.56. The first-order valence-electron chi connectivity index (χ1n) is 8.04. The Kier molecular flexibility index (Phi) is 6.46. The molecule has 0 atom stereocenters. The highest BCUT2D eigenvalue weighted by molar-refractivity contribution is 5.54. The monoisotopic (exact) mass is 331 g/mol. The van der Waals surface area contributed by atoms with E-state index in [-0.39, 0.29) is 13.2 Å². The van der Waals surface area contributed by atoms with Gasteiger partial charge in [0.05, 0.1) is 32.6 Å². The third kappa shape index (κ3) is 4.19. The lowest BCUT2D eigenvalue weighted by molar-refractivity contribution is 0.254. The fourth-order valence-corrected chi connectivity index (χ4v) is 2.74. The molecule has 0 saturated heterocycles. The zero-order valence-corrected chi connectivity index (χ0v) is 14.2. The maximum Gasteiger partial charge on any atom is 0.142 e. The van der Waals surface area contributed by atoms with E-state index in [4.69, 9.17) is 15.2 Å². The number of aliphatic hydroxyl groups excluding tert-OH is 2. The smallest absolute Gasteiger partial charge is 0.142 e. The molecule has 0 aliphatic rings. The number of aliphatic hydroxyl groups is 2. The molecule has 0 aliphatic carbocycles. The quantitative estimate of drug-likeness (QED) is 0.647. The van der Waals surface area contributed by atoms with Crippen LogP contribution in [0, 0.1) is 0 Å². The minimum Gasteiger partial charge on any atom is -0.496 e. The number of aryl methyl sites for hydroxylation is 2. The third-order valence-electron chi connectivity index (χ3n) is 3.99. The Bertz CT molecular complexity index is 660. The average Bonchev–Trinajstić information content (AvgIpc) is 2.61. The number of nitrogens with two attached hydrogens (primary N) is 1. The van der Waals surface area contributed by atoms with E-state index in [9.17, 15) is 10.2 Å². The molecule has 0 saturated carbocycles. The van der Waals surface area contributed by atoms with Gasteiger partial charge in [0.25, 0.3) is 0 Å². The average molecular weight is 331 g/mol. The molecule has 0 spiro atoms. The Labute approximate surface area is 142 Å². The summed E-state index contributed by atoms with van der Waals surface area (Å²) in [5.41, 5.74) is 10.1. The molecule has 0 unspecified atom stereocenters. The highest BCUT2D eigenvalue weighted by atomic mass is 16.5. The highest BCUT2D eigenvalue weighted by Crippen LogP contribution is 2.27. The van der Waals surface area contributed by atoms with Gasteiger partial charge in [0, 0.05) is 5.56 Å². The molecular formula is C19H25NO4. The summed E-state index contributed by atoms with van der Waals surface area (Å²) in [6.45, 7) is 2.23. The molecule has 2 aromatic carbocycles. The molecule has 0 aliphatic heterocycles. The molecule has 130 valence electrons. The summed E-state index contributed by atoms with van der Waals surface area (Å²) in [5.74, 6) is 1.31. The first-order valence-corrected chi connectivity index (χ1v) is 8.04. The molecule has 0 heterocycles. The Balaban J connectivity index is 2.15. The van der Waals surface area contributed by atoms with Gasteiger partial charge in [-0.15, -0.1) is 0 Å². The SMILES string of the molecule is CCOc1ccc(CCc2cc(CO)c(CO)c(OC)c2)cc1N. The first kappa shape index (κ1) is 18.1. The van der Waals surface area contributed by atoms with Gasteiger partial charge < -0.3 is 25.4 Å². The molecule has 0 radical (unpaired) electrons. The molecule has 4 N–H and O–H groups in total. The van der Waals surface area contributed by atoms with E-state index in [1.54, 1.807) is 7.11 Å². The van der Waals surface area contributed by atoms with Gasteiger partial charge in [-0.1, -0.05) is 12.1 Å². The highest BCUT2D eigenvalue weighted by Gasteiger charge is 2.11. The molecular weight excluding hydrogens is 306 g/mol. The van der Waals surface area contributed by atoms with Crippen LogP contribution in [0.1, 0.15) is 29.2 Å². The molecule has 5 nitrogen and oxygen atoms in total. The second-order valence-electron chi connectivity index (χ2n) is 5.56. The van der Waals surface area contributed by atoms with Crippen molar-refractivity contribution >= 4 is 5.69 Å². The second kappa shape index (κ2) is 8.57. The molecule has 5 heteroatoms. The number of methoxy groups -OCH3 is 1. The van der Waals surface area contributed by atoms with Crippen LogP contribution in [0.3, 0.4) is 0 Å². The van der Waals surface area contributed by atoms with Gasteiger partial charge in [-0.2, -0.15) is 0 Å². The van der Waals surface area contributed by atoms with Crippen molar-refractivity contribution in [2.75, 3.05) is 19.5 Å². The standard InChI is InChI=1S/C19H25NO4/c1-3-24-18-7-6-13(9-17(18)20)4-5-14-8-15(11-21)16(12-22)19(10-14)23-2/h6-10,21-22H,3-5,11-12,20H2,1-2H3. The van der Waals surface area contributed by atoms with Gasteiger partial charge in [0.2, 0.25) is 0 Å². The lowest BCUT2D eigenvalue weighted by atomic mass is 9.98. The van der Waals surface area contributed by atoms with Crippen LogP contribution in [0.5, 0.6) is 11.5 Å². The van der Waals surface area contributed by atoms with E-state index < -0.39 is 0 Å². The van der Waals surface area contributed by atoms with Crippen LogP contribution < -0.4 is 15.2 Å². The predicted molar refractivity (Wildman–Crippen MR) is 94.3 cm³/mol. The van der Waals surface area contributed by atoms with Crippen LogP contribution in [0.15, 0.2) is 30.3 Å². The maximum atomic E-state index is 9.50. The summed E-state index contributed by atoms with van der Waals surface area (Å²) in [5, 5.41) is 18.9. The number of rotatable bonds is 8. The Morgan fingerprint density at radius 2 is 1.71 bits per heavy atom. The van der Waals surface area contributed by atoms with Gasteiger partial charge in [-0.3, -0.25) is 0 Å². The first-order chi connectivity index (χ1) is 11.6. The largest absolute Gasteiger partial charge is 0.496 e. The van der Waals surface area contributed by atoms with Gasteiger partial charge in [-0.25, -0.2) is 0 Å². The third-order valence-corrected chi connectivity index (χ3v) is 3.99. The Hall–Kier alpha value is -2.24.